The fraction of sp³-hybridized carbons (Fsp3) is 0.227. The first-order valence-electron chi connectivity index (χ1n) is 9.35. The Balaban J connectivity index is 1.82. The van der Waals surface area contributed by atoms with E-state index in [9.17, 15) is 14.4 Å². The first-order valence-corrected chi connectivity index (χ1v) is 9.35. The van der Waals surface area contributed by atoms with Gasteiger partial charge in [-0.3, -0.25) is 4.79 Å². The molecule has 0 unspecified atom stereocenters. The van der Waals surface area contributed by atoms with Crippen LogP contribution >= 0.6 is 0 Å². The molecule has 8 heteroatoms. The molecular formula is C22H21NO7. The molecule has 0 atom stereocenters. The van der Waals surface area contributed by atoms with Crippen molar-refractivity contribution in [2.24, 2.45) is 0 Å². The van der Waals surface area contributed by atoms with Crippen LogP contribution in [0.1, 0.15) is 24.2 Å². The Morgan fingerprint density at radius 2 is 1.67 bits per heavy atom. The number of amides is 1. The van der Waals surface area contributed by atoms with Gasteiger partial charge in [0.2, 0.25) is 11.2 Å². The first kappa shape index (κ1) is 20.9. The number of methoxy groups -OCH3 is 1. The molecule has 0 radical (unpaired) electrons. The Labute approximate surface area is 172 Å². The van der Waals surface area contributed by atoms with Gasteiger partial charge in [-0.1, -0.05) is 0 Å². The number of rotatable bonds is 6. The van der Waals surface area contributed by atoms with Gasteiger partial charge in [-0.05, 0) is 50.2 Å². The van der Waals surface area contributed by atoms with Crippen molar-refractivity contribution in [2.75, 3.05) is 20.2 Å². The van der Waals surface area contributed by atoms with Crippen LogP contribution in [0.3, 0.4) is 0 Å². The minimum absolute atomic E-state index is 0.0128. The van der Waals surface area contributed by atoms with Gasteiger partial charge in [-0.25, -0.2) is 9.59 Å². The maximum absolute atomic E-state index is 12.7. The number of fused-ring (bicyclic) bond motifs is 1. The maximum atomic E-state index is 12.7. The van der Waals surface area contributed by atoms with Crippen LogP contribution in [0, 0.1) is 0 Å². The van der Waals surface area contributed by atoms with Crippen molar-refractivity contribution in [2.45, 2.75) is 13.8 Å². The molecule has 0 bridgehead atoms. The van der Waals surface area contributed by atoms with Gasteiger partial charge in [0.15, 0.2) is 0 Å². The van der Waals surface area contributed by atoms with Crippen LogP contribution in [0.25, 0.3) is 11.0 Å². The van der Waals surface area contributed by atoms with Crippen LogP contribution in [0.15, 0.2) is 57.9 Å². The molecule has 156 valence electrons. The lowest BCUT2D eigenvalue weighted by molar-refractivity contribution is 0.0600. The van der Waals surface area contributed by atoms with Gasteiger partial charge < -0.3 is 23.5 Å². The molecule has 0 N–H and O–H groups in total. The Morgan fingerprint density at radius 1 is 1.00 bits per heavy atom. The standard InChI is InChI=1S/C22H21NO7/c1-4-23(5-2)22(26)30-16-10-11-17-18(12-16)28-13-19(20(17)24)29-15-8-6-14(7-9-15)21(25)27-3/h6-13H,4-5H2,1-3H3. The van der Waals surface area contributed by atoms with E-state index >= 15 is 0 Å². The molecule has 0 saturated heterocycles. The minimum atomic E-state index is -0.475. The number of carbonyl (C=O) groups excluding carboxylic acids is 2. The number of carbonyl (C=O) groups is 2. The van der Waals surface area contributed by atoms with Crippen molar-refractivity contribution < 1.29 is 28.2 Å². The Morgan fingerprint density at radius 3 is 2.30 bits per heavy atom. The van der Waals surface area contributed by atoms with E-state index in [1.807, 2.05) is 13.8 Å². The zero-order valence-electron chi connectivity index (χ0n) is 16.8. The molecule has 0 spiro atoms. The normalized spacial score (nSPS) is 10.5. The largest absolute Gasteiger partial charge is 0.465 e. The predicted octanol–water partition coefficient (Wildman–Crippen LogP) is 4.21. The van der Waals surface area contributed by atoms with Crippen LogP contribution in [0.2, 0.25) is 0 Å². The summed E-state index contributed by atoms with van der Waals surface area (Å²) >= 11 is 0. The van der Waals surface area contributed by atoms with E-state index in [-0.39, 0.29) is 27.9 Å². The highest BCUT2D eigenvalue weighted by Gasteiger charge is 2.15. The van der Waals surface area contributed by atoms with Gasteiger partial charge >= 0.3 is 12.1 Å². The SMILES string of the molecule is CCN(CC)C(=O)Oc1ccc2c(=O)c(Oc3ccc(C(=O)OC)cc3)coc2c1. The molecule has 3 aromatic rings. The van der Waals surface area contributed by atoms with Crippen molar-refractivity contribution in [3.05, 3.63) is 64.5 Å². The molecule has 3 rings (SSSR count). The van der Waals surface area contributed by atoms with E-state index in [4.69, 9.17) is 13.9 Å². The van der Waals surface area contributed by atoms with Gasteiger partial charge in [-0.15, -0.1) is 0 Å². The Hall–Kier alpha value is -3.81. The van der Waals surface area contributed by atoms with Gasteiger partial charge in [0.1, 0.15) is 23.3 Å². The highest BCUT2D eigenvalue weighted by molar-refractivity contribution is 5.89. The summed E-state index contributed by atoms with van der Waals surface area (Å²) in [4.78, 5) is 37.8. The molecule has 0 saturated carbocycles. The van der Waals surface area contributed by atoms with Crippen LogP contribution in [0.4, 0.5) is 4.79 Å². The van der Waals surface area contributed by atoms with Crippen LogP contribution in [-0.4, -0.2) is 37.2 Å². The summed E-state index contributed by atoms with van der Waals surface area (Å²) in [5.74, 6) is 0.152. The van der Waals surface area contributed by atoms with E-state index < -0.39 is 12.1 Å². The van der Waals surface area contributed by atoms with Crippen LogP contribution in [0.5, 0.6) is 17.2 Å². The Bertz CT molecular complexity index is 1110. The van der Waals surface area contributed by atoms with E-state index in [1.165, 1.54) is 48.6 Å². The van der Waals surface area contributed by atoms with E-state index in [2.05, 4.69) is 4.74 Å². The molecule has 30 heavy (non-hydrogen) atoms. The lowest BCUT2D eigenvalue weighted by Crippen LogP contribution is -2.33. The van der Waals surface area contributed by atoms with Crippen molar-refractivity contribution >= 4 is 23.0 Å². The second-order valence-electron chi connectivity index (χ2n) is 6.25. The van der Waals surface area contributed by atoms with E-state index in [0.717, 1.165) is 0 Å². The molecule has 1 amide bonds. The topological polar surface area (TPSA) is 95.3 Å². The maximum Gasteiger partial charge on any atom is 0.415 e. The molecule has 2 aromatic carbocycles. The van der Waals surface area contributed by atoms with Crippen molar-refractivity contribution in [1.82, 2.24) is 4.90 Å². The average molecular weight is 411 g/mol. The number of ether oxygens (including phenoxy) is 3. The molecular weight excluding hydrogens is 390 g/mol. The van der Waals surface area contributed by atoms with Gasteiger partial charge in [0.25, 0.3) is 0 Å². The molecule has 8 nitrogen and oxygen atoms in total. The van der Waals surface area contributed by atoms with E-state index in [0.29, 0.717) is 24.4 Å². The van der Waals surface area contributed by atoms with Gasteiger partial charge in [0, 0.05) is 19.2 Å². The summed E-state index contributed by atoms with van der Waals surface area (Å²) in [5.41, 5.74) is 0.246. The third kappa shape index (κ3) is 4.43. The molecule has 0 aliphatic rings. The zero-order valence-corrected chi connectivity index (χ0v) is 16.8. The summed E-state index contributed by atoms with van der Waals surface area (Å²) in [7, 11) is 1.29. The number of hydrogen-bond donors (Lipinski definition) is 0. The highest BCUT2D eigenvalue weighted by atomic mass is 16.6. The predicted molar refractivity (Wildman–Crippen MR) is 109 cm³/mol. The molecule has 1 heterocycles. The average Bonchev–Trinajstić information content (AvgIpc) is 2.76. The first-order chi connectivity index (χ1) is 14.5. The number of esters is 1. The smallest absolute Gasteiger partial charge is 0.415 e. The number of hydrogen-bond acceptors (Lipinski definition) is 7. The summed E-state index contributed by atoms with van der Waals surface area (Å²) in [5, 5.41) is 0.279. The fourth-order valence-electron chi connectivity index (χ4n) is 2.78. The summed E-state index contributed by atoms with van der Waals surface area (Å²) in [6.45, 7) is 4.77. The quantitative estimate of drug-likeness (QED) is 0.561. The summed E-state index contributed by atoms with van der Waals surface area (Å²) in [6.07, 6.45) is 0.714. The van der Waals surface area contributed by atoms with Gasteiger partial charge in [-0.2, -0.15) is 0 Å². The Kier molecular flexibility index (Phi) is 6.36. The van der Waals surface area contributed by atoms with Crippen molar-refractivity contribution in [3.63, 3.8) is 0 Å². The lowest BCUT2D eigenvalue weighted by atomic mass is 10.2. The fourth-order valence-corrected chi connectivity index (χ4v) is 2.78. The lowest BCUT2D eigenvalue weighted by Gasteiger charge is -2.17. The summed E-state index contributed by atoms with van der Waals surface area (Å²) in [6, 6.07) is 10.7. The summed E-state index contributed by atoms with van der Waals surface area (Å²) < 4.78 is 21.1. The number of benzene rings is 2. The van der Waals surface area contributed by atoms with Crippen LogP contribution in [-0.2, 0) is 4.74 Å². The number of nitrogens with zero attached hydrogens (tertiary/aromatic N) is 1. The molecule has 0 fully saturated rings. The third-order valence-corrected chi connectivity index (χ3v) is 4.44. The monoisotopic (exact) mass is 411 g/mol. The second kappa shape index (κ2) is 9.13. The van der Waals surface area contributed by atoms with Crippen molar-refractivity contribution in [1.29, 1.82) is 0 Å². The van der Waals surface area contributed by atoms with Crippen molar-refractivity contribution in [3.8, 4) is 17.2 Å². The molecule has 1 aromatic heterocycles. The van der Waals surface area contributed by atoms with Crippen LogP contribution < -0.4 is 14.9 Å². The molecule has 0 aliphatic heterocycles. The second-order valence-corrected chi connectivity index (χ2v) is 6.25. The van der Waals surface area contributed by atoms with E-state index in [1.54, 1.807) is 12.1 Å². The molecule has 0 aliphatic carbocycles. The van der Waals surface area contributed by atoms with Gasteiger partial charge in [0.05, 0.1) is 18.1 Å². The highest BCUT2D eigenvalue weighted by Crippen LogP contribution is 2.24. The third-order valence-electron chi connectivity index (χ3n) is 4.44. The minimum Gasteiger partial charge on any atom is -0.465 e. The zero-order chi connectivity index (χ0) is 21.7.